The third-order valence-corrected chi connectivity index (χ3v) is 4.16. The molecule has 0 bridgehead atoms. The lowest BCUT2D eigenvalue weighted by Crippen LogP contribution is -2.17. The molecule has 1 aromatic carbocycles. The molecule has 1 N–H and O–H groups in total. The van der Waals surface area contributed by atoms with Gasteiger partial charge in [0.1, 0.15) is 5.82 Å². The Bertz CT molecular complexity index is 623. The maximum Gasteiger partial charge on any atom is 0.127 e. The van der Waals surface area contributed by atoms with Gasteiger partial charge in [-0.25, -0.2) is 4.39 Å². The van der Waals surface area contributed by atoms with Crippen molar-refractivity contribution in [1.29, 1.82) is 0 Å². The van der Waals surface area contributed by atoms with Gasteiger partial charge in [-0.05, 0) is 32.4 Å². The molecule has 0 saturated heterocycles. The maximum atomic E-state index is 13.5. The Morgan fingerprint density at radius 2 is 1.71 bits per heavy atom. The van der Waals surface area contributed by atoms with E-state index in [2.05, 4.69) is 24.2 Å². The molecular formula is C25H39FN2. The Hall–Kier alpha value is -2.00. The molecule has 0 aliphatic heterocycles. The molecule has 0 unspecified atom stereocenters. The zero-order chi connectivity index (χ0) is 21.0. The van der Waals surface area contributed by atoms with Gasteiger partial charge in [0.05, 0.1) is 5.70 Å². The Labute approximate surface area is 172 Å². The SMILES string of the molecule is CC=N/C(CNCc1ccccc1F)=C(C)/C=C\C=C/C.CCCCCCC. The van der Waals surface area contributed by atoms with Crippen LogP contribution in [0.15, 0.2) is 64.8 Å². The van der Waals surface area contributed by atoms with Crippen molar-refractivity contribution in [1.82, 2.24) is 5.32 Å². The molecule has 0 atom stereocenters. The number of aliphatic imine (C=N–C) groups is 1. The van der Waals surface area contributed by atoms with Crippen molar-refractivity contribution in [3.63, 3.8) is 0 Å². The van der Waals surface area contributed by atoms with Crippen molar-refractivity contribution in [2.24, 2.45) is 4.99 Å². The van der Waals surface area contributed by atoms with Crippen molar-refractivity contribution in [3.05, 3.63) is 71.2 Å². The van der Waals surface area contributed by atoms with Crippen LogP contribution in [-0.2, 0) is 6.54 Å². The van der Waals surface area contributed by atoms with Crippen LogP contribution in [0.25, 0.3) is 0 Å². The Kier molecular flexibility index (Phi) is 17.1. The predicted molar refractivity (Wildman–Crippen MR) is 123 cm³/mol. The van der Waals surface area contributed by atoms with Crippen LogP contribution in [0.4, 0.5) is 4.39 Å². The molecule has 0 saturated carbocycles. The van der Waals surface area contributed by atoms with Gasteiger partial charge in [-0.15, -0.1) is 0 Å². The topological polar surface area (TPSA) is 24.4 Å². The number of unbranched alkanes of at least 4 members (excludes halogenated alkanes) is 4. The van der Waals surface area contributed by atoms with Crippen LogP contribution in [0.5, 0.6) is 0 Å². The van der Waals surface area contributed by atoms with Crippen LogP contribution in [0.3, 0.4) is 0 Å². The second-order valence-electron chi connectivity index (χ2n) is 6.66. The van der Waals surface area contributed by atoms with E-state index in [1.54, 1.807) is 18.3 Å². The lowest BCUT2D eigenvalue weighted by molar-refractivity contribution is 0.594. The van der Waals surface area contributed by atoms with Gasteiger partial charge in [0.25, 0.3) is 0 Å². The molecule has 0 heterocycles. The first-order valence-corrected chi connectivity index (χ1v) is 10.5. The molecule has 0 radical (unpaired) electrons. The summed E-state index contributed by atoms with van der Waals surface area (Å²) >= 11 is 0. The molecular weight excluding hydrogens is 347 g/mol. The van der Waals surface area contributed by atoms with E-state index in [9.17, 15) is 4.39 Å². The van der Waals surface area contributed by atoms with E-state index in [-0.39, 0.29) is 5.82 Å². The van der Waals surface area contributed by atoms with E-state index in [4.69, 9.17) is 0 Å². The second kappa shape index (κ2) is 18.4. The fourth-order valence-corrected chi connectivity index (χ4v) is 2.48. The van der Waals surface area contributed by atoms with Crippen LogP contribution < -0.4 is 5.32 Å². The standard InChI is InChI=1S/C18H23FN2.C7H16/c1-4-6-7-10-15(3)18(21-5-2)14-20-13-16-11-8-9-12-17(16)19;1-3-5-7-6-4-2/h4-12,20H,13-14H2,1-3H3;3-7H2,1-2H3/b6-4-,10-7-,18-15+,21-5?;. The van der Waals surface area contributed by atoms with Gasteiger partial charge < -0.3 is 5.32 Å². The molecule has 28 heavy (non-hydrogen) atoms. The average molecular weight is 387 g/mol. The minimum Gasteiger partial charge on any atom is -0.307 e. The molecule has 0 spiro atoms. The number of hydrogen-bond donors (Lipinski definition) is 1. The Balaban J connectivity index is 0.000000887. The van der Waals surface area contributed by atoms with E-state index in [1.807, 2.05) is 51.1 Å². The number of nitrogens with zero attached hydrogens (tertiary/aromatic N) is 1. The second-order valence-corrected chi connectivity index (χ2v) is 6.66. The van der Waals surface area contributed by atoms with E-state index >= 15 is 0 Å². The van der Waals surface area contributed by atoms with Gasteiger partial charge in [0.2, 0.25) is 0 Å². The number of rotatable bonds is 11. The van der Waals surface area contributed by atoms with E-state index in [0.29, 0.717) is 18.7 Å². The first kappa shape index (κ1) is 26.0. The Morgan fingerprint density at radius 1 is 1.04 bits per heavy atom. The first-order valence-electron chi connectivity index (χ1n) is 10.5. The predicted octanol–water partition coefficient (Wildman–Crippen LogP) is 7.39. The summed E-state index contributed by atoms with van der Waals surface area (Å²) in [5.74, 6) is -0.181. The summed E-state index contributed by atoms with van der Waals surface area (Å²) in [7, 11) is 0. The highest BCUT2D eigenvalue weighted by Gasteiger charge is 2.02. The fourth-order valence-electron chi connectivity index (χ4n) is 2.48. The van der Waals surface area contributed by atoms with Crippen LogP contribution in [-0.4, -0.2) is 12.8 Å². The zero-order valence-electron chi connectivity index (χ0n) is 18.5. The largest absolute Gasteiger partial charge is 0.307 e. The number of benzene rings is 1. The van der Waals surface area contributed by atoms with Gasteiger partial charge in [0.15, 0.2) is 0 Å². The lowest BCUT2D eigenvalue weighted by atomic mass is 10.2. The lowest BCUT2D eigenvalue weighted by Gasteiger charge is -2.08. The molecule has 0 fully saturated rings. The summed E-state index contributed by atoms with van der Waals surface area (Å²) in [4.78, 5) is 4.38. The van der Waals surface area contributed by atoms with Crippen LogP contribution in [0.1, 0.15) is 72.3 Å². The quantitative estimate of drug-likeness (QED) is 0.239. The summed E-state index contributed by atoms with van der Waals surface area (Å²) in [6, 6.07) is 6.80. The molecule has 0 aliphatic carbocycles. The van der Waals surface area contributed by atoms with Crippen molar-refractivity contribution in [3.8, 4) is 0 Å². The van der Waals surface area contributed by atoms with Gasteiger partial charge in [-0.2, -0.15) is 0 Å². The average Bonchev–Trinajstić information content (AvgIpc) is 2.70. The summed E-state index contributed by atoms with van der Waals surface area (Å²) < 4.78 is 13.5. The monoisotopic (exact) mass is 386 g/mol. The molecule has 1 aromatic rings. The third kappa shape index (κ3) is 13.2. The van der Waals surface area contributed by atoms with Gasteiger partial charge >= 0.3 is 0 Å². The van der Waals surface area contributed by atoms with Crippen molar-refractivity contribution in [2.75, 3.05) is 6.54 Å². The van der Waals surface area contributed by atoms with Crippen molar-refractivity contribution >= 4 is 6.21 Å². The molecule has 1 rings (SSSR count). The van der Waals surface area contributed by atoms with Crippen LogP contribution in [0.2, 0.25) is 0 Å². The van der Waals surface area contributed by atoms with E-state index in [1.165, 1.54) is 38.2 Å². The van der Waals surface area contributed by atoms with Crippen LogP contribution in [0, 0.1) is 5.82 Å². The molecule has 156 valence electrons. The molecule has 0 amide bonds. The fraction of sp³-hybridized carbons (Fsp3) is 0.480. The summed E-state index contributed by atoms with van der Waals surface area (Å²) in [6.45, 7) is 11.5. The summed E-state index contributed by atoms with van der Waals surface area (Å²) in [5.41, 5.74) is 2.71. The maximum absolute atomic E-state index is 13.5. The third-order valence-electron chi connectivity index (χ3n) is 4.16. The van der Waals surface area contributed by atoms with E-state index < -0.39 is 0 Å². The van der Waals surface area contributed by atoms with Gasteiger partial charge in [-0.1, -0.05) is 88.5 Å². The minimum atomic E-state index is -0.181. The molecule has 3 heteroatoms. The number of nitrogens with one attached hydrogen (secondary N) is 1. The Morgan fingerprint density at radius 3 is 2.29 bits per heavy atom. The van der Waals surface area contributed by atoms with Crippen molar-refractivity contribution in [2.45, 2.75) is 73.3 Å². The number of halogens is 1. The zero-order valence-corrected chi connectivity index (χ0v) is 18.5. The number of allylic oxidation sites excluding steroid dienone is 5. The molecule has 0 aromatic heterocycles. The highest BCUT2D eigenvalue weighted by molar-refractivity contribution is 5.56. The number of hydrogen-bond acceptors (Lipinski definition) is 2. The van der Waals surface area contributed by atoms with E-state index in [0.717, 1.165) is 11.3 Å². The van der Waals surface area contributed by atoms with Crippen molar-refractivity contribution < 1.29 is 4.39 Å². The summed E-state index contributed by atoms with van der Waals surface area (Å²) in [5, 5.41) is 3.24. The van der Waals surface area contributed by atoms with Crippen LogP contribution >= 0.6 is 0 Å². The van der Waals surface area contributed by atoms with Gasteiger partial charge in [-0.3, -0.25) is 4.99 Å². The highest BCUT2D eigenvalue weighted by atomic mass is 19.1. The molecule has 0 aliphatic rings. The minimum absolute atomic E-state index is 0.181. The smallest absolute Gasteiger partial charge is 0.127 e. The first-order chi connectivity index (χ1) is 13.6. The summed E-state index contributed by atoms with van der Waals surface area (Å²) in [6.07, 6.45) is 16.7. The van der Waals surface area contributed by atoms with Gasteiger partial charge in [0, 0.05) is 24.9 Å². The normalized spacial score (nSPS) is 12.5. The highest BCUT2D eigenvalue weighted by Crippen LogP contribution is 2.09. The molecule has 2 nitrogen and oxygen atoms in total.